The van der Waals surface area contributed by atoms with Gasteiger partial charge in [0.2, 0.25) is 12.7 Å². The molecule has 6 heteroatoms. The SMILES string of the molecule is O=C(NCCc1ccccc1)C1Cc2c([nH]c3ccccc23)[C@@H](c2ccc3c(c2)OCO3)N1. The first-order valence-electron chi connectivity index (χ1n) is 11.3. The van der Waals surface area contributed by atoms with Crippen molar-refractivity contribution in [3.8, 4) is 11.5 Å². The molecule has 2 atom stereocenters. The highest BCUT2D eigenvalue weighted by Gasteiger charge is 2.34. The number of hydrogen-bond donors (Lipinski definition) is 3. The van der Waals surface area contributed by atoms with E-state index in [1.807, 2.05) is 48.5 Å². The van der Waals surface area contributed by atoms with Crippen molar-refractivity contribution in [2.24, 2.45) is 0 Å². The third-order valence-corrected chi connectivity index (χ3v) is 6.51. The number of ether oxygens (including phenoxy) is 2. The molecule has 0 radical (unpaired) electrons. The van der Waals surface area contributed by atoms with Crippen LogP contribution in [0.3, 0.4) is 0 Å². The van der Waals surface area contributed by atoms with Gasteiger partial charge in [0, 0.05) is 23.1 Å². The van der Waals surface area contributed by atoms with Crippen LogP contribution in [0.2, 0.25) is 0 Å². The third kappa shape index (κ3) is 3.72. The van der Waals surface area contributed by atoms with E-state index in [1.165, 1.54) is 16.5 Å². The summed E-state index contributed by atoms with van der Waals surface area (Å²) in [4.78, 5) is 16.8. The molecule has 1 amide bonds. The first-order chi connectivity index (χ1) is 16.3. The fourth-order valence-electron chi connectivity index (χ4n) is 4.86. The van der Waals surface area contributed by atoms with Crippen LogP contribution in [0.15, 0.2) is 72.8 Å². The molecule has 166 valence electrons. The van der Waals surface area contributed by atoms with Crippen LogP contribution in [0, 0.1) is 0 Å². The molecule has 0 bridgehead atoms. The zero-order valence-corrected chi connectivity index (χ0v) is 18.1. The number of amides is 1. The van der Waals surface area contributed by atoms with E-state index < -0.39 is 0 Å². The molecule has 0 spiro atoms. The monoisotopic (exact) mass is 439 g/mol. The molecule has 0 saturated heterocycles. The molecule has 2 aliphatic rings. The Kier molecular flexibility index (Phi) is 5.00. The Bertz CT molecular complexity index is 1310. The second-order valence-corrected chi connectivity index (χ2v) is 8.56. The van der Waals surface area contributed by atoms with E-state index in [0.29, 0.717) is 13.0 Å². The van der Waals surface area contributed by atoms with Crippen LogP contribution in [0.5, 0.6) is 11.5 Å². The number of carbonyl (C=O) groups excluding carboxylic acids is 1. The van der Waals surface area contributed by atoms with Crippen LogP contribution in [-0.4, -0.2) is 30.3 Å². The minimum absolute atomic E-state index is 0.0209. The summed E-state index contributed by atoms with van der Waals surface area (Å²) in [6.45, 7) is 0.845. The zero-order valence-electron chi connectivity index (χ0n) is 18.1. The van der Waals surface area contributed by atoms with Gasteiger partial charge in [-0.1, -0.05) is 54.6 Å². The van der Waals surface area contributed by atoms with Crippen molar-refractivity contribution in [3.05, 3.63) is 95.2 Å². The van der Waals surface area contributed by atoms with Gasteiger partial charge in [0.15, 0.2) is 11.5 Å². The summed E-state index contributed by atoms with van der Waals surface area (Å²) in [6.07, 6.45) is 1.45. The molecule has 0 saturated carbocycles. The first-order valence-corrected chi connectivity index (χ1v) is 11.3. The van der Waals surface area contributed by atoms with Crippen molar-refractivity contribution in [1.82, 2.24) is 15.6 Å². The van der Waals surface area contributed by atoms with Gasteiger partial charge in [-0.25, -0.2) is 0 Å². The van der Waals surface area contributed by atoms with Crippen molar-refractivity contribution in [3.63, 3.8) is 0 Å². The lowest BCUT2D eigenvalue weighted by Crippen LogP contribution is -2.50. The average molecular weight is 440 g/mol. The van der Waals surface area contributed by atoms with Crippen LogP contribution in [0.4, 0.5) is 0 Å². The van der Waals surface area contributed by atoms with Crippen molar-refractivity contribution < 1.29 is 14.3 Å². The number of carbonyl (C=O) groups is 1. The van der Waals surface area contributed by atoms with Gasteiger partial charge in [-0.05, 0) is 47.7 Å². The fourth-order valence-corrected chi connectivity index (χ4v) is 4.86. The van der Waals surface area contributed by atoms with Crippen molar-refractivity contribution in [2.45, 2.75) is 24.9 Å². The minimum atomic E-state index is -0.331. The number of fused-ring (bicyclic) bond motifs is 4. The van der Waals surface area contributed by atoms with E-state index in [-0.39, 0.29) is 24.8 Å². The second-order valence-electron chi connectivity index (χ2n) is 8.56. The summed E-state index contributed by atoms with van der Waals surface area (Å²) in [5.74, 6) is 1.51. The van der Waals surface area contributed by atoms with Crippen molar-refractivity contribution >= 4 is 16.8 Å². The highest BCUT2D eigenvalue weighted by Crippen LogP contribution is 2.39. The molecule has 6 rings (SSSR count). The van der Waals surface area contributed by atoms with Crippen LogP contribution >= 0.6 is 0 Å². The maximum absolute atomic E-state index is 13.2. The Morgan fingerprint density at radius 1 is 0.970 bits per heavy atom. The Labute approximate surface area is 191 Å². The molecular formula is C27H25N3O3. The largest absolute Gasteiger partial charge is 0.454 e. The highest BCUT2D eigenvalue weighted by molar-refractivity contribution is 5.88. The Hall–Kier alpha value is -3.77. The maximum Gasteiger partial charge on any atom is 0.237 e. The number of benzene rings is 3. The van der Waals surface area contributed by atoms with E-state index in [1.54, 1.807) is 0 Å². The number of nitrogens with one attached hydrogen (secondary N) is 3. The summed E-state index contributed by atoms with van der Waals surface area (Å²) in [6, 6.07) is 24.0. The fraction of sp³-hybridized carbons (Fsp3) is 0.222. The number of para-hydroxylation sites is 1. The van der Waals surface area contributed by atoms with E-state index in [4.69, 9.17) is 9.47 Å². The molecule has 33 heavy (non-hydrogen) atoms. The highest BCUT2D eigenvalue weighted by atomic mass is 16.7. The zero-order chi connectivity index (χ0) is 22.2. The quantitative estimate of drug-likeness (QED) is 0.442. The molecule has 3 N–H and O–H groups in total. The lowest BCUT2D eigenvalue weighted by molar-refractivity contribution is -0.123. The van der Waals surface area contributed by atoms with E-state index in [9.17, 15) is 4.79 Å². The predicted octanol–water partition coefficient (Wildman–Crippen LogP) is 3.86. The van der Waals surface area contributed by atoms with Gasteiger partial charge in [0.05, 0.1) is 12.1 Å². The van der Waals surface area contributed by atoms with Gasteiger partial charge < -0.3 is 19.8 Å². The number of aromatic amines is 1. The van der Waals surface area contributed by atoms with E-state index in [2.05, 4.69) is 39.9 Å². The van der Waals surface area contributed by atoms with Crippen LogP contribution in [0.1, 0.15) is 28.4 Å². The van der Waals surface area contributed by atoms with Gasteiger partial charge in [-0.15, -0.1) is 0 Å². The third-order valence-electron chi connectivity index (χ3n) is 6.51. The van der Waals surface area contributed by atoms with E-state index >= 15 is 0 Å². The summed E-state index contributed by atoms with van der Waals surface area (Å²) in [5.41, 5.74) is 5.62. The van der Waals surface area contributed by atoms with Gasteiger partial charge >= 0.3 is 0 Å². The Balaban J connectivity index is 1.29. The topological polar surface area (TPSA) is 75.4 Å². The molecule has 0 fully saturated rings. The standard InChI is InChI=1S/C27H25N3O3/c31-27(28-13-12-17-6-2-1-3-7-17)22-15-20-19-8-4-5-9-21(19)29-26(20)25(30-22)18-10-11-23-24(14-18)33-16-32-23/h1-11,14,22,25,29-30H,12-13,15-16H2,(H,28,31)/t22?,25-/m1/s1. The van der Waals surface area contributed by atoms with Crippen molar-refractivity contribution in [1.29, 1.82) is 0 Å². The lowest BCUT2D eigenvalue weighted by Gasteiger charge is -2.31. The Morgan fingerprint density at radius 3 is 2.70 bits per heavy atom. The number of hydrogen-bond acceptors (Lipinski definition) is 4. The van der Waals surface area contributed by atoms with Gasteiger partial charge in [-0.3, -0.25) is 10.1 Å². The summed E-state index contributed by atoms with van der Waals surface area (Å²) >= 11 is 0. The summed E-state index contributed by atoms with van der Waals surface area (Å²) < 4.78 is 11.1. The van der Waals surface area contributed by atoms with Crippen LogP contribution in [0.25, 0.3) is 10.9 Å². The number of aromatic nitrogens is 1. The van der Waals surface area contributed by atoms with Crippen molar-refractivity contribution in [2.75, 3.05) is 13.3 Å². The first kappa shape index (κ1) is 19.9. The van der Waals surface area contributed by atoms with Gasteiger partial charge in [0.25, 0.3) is 0 Å². The maximum atomic E-state index is 13.2. The minimum Gasteiger partial charge on any atom is -0.454 e. The van der Waals surface area contributed by atoms with Gasteiger partial charge in [-0.2, -0.15) is 0 Å². The molecular weight excluding hydrogens is 414 g/mol. The number of rotatable bonds is 5. The van der Waals surface area contributed by atoms with Crippen LogP contribution < -0.4 is 20.1 Å². The number of H-pyrrole nitrogens is 1. The Morgan fingerprint density at radius 2 is 1.79 bits per heavy atom. The molecule has 2 aliphatic heterocycles. The van der Waals surface area contributed by atoms with Gasteiger partial charge in [0.1, 0.15) is 0 Å². The van der Waals surface area contributed by atoms with E-state index in [0.717, 1.165) is 34.7 Å². The molecule has 4 aromatic rings. The lowest BCUT2D eigenvalue weighted by atomic mass is 9.90. The molecule has 1 unspecified atom stereocenters. The smallest absolute Gasteiger partial charge is 0.237 e. The second kappa shape index (κ2) is 8.30. The molecule has 6 nitrogen and oxygen atoms in total. The molecule has 3 heterocycles. The normalized spacial score (nSPS) is 18.8. The average Bonchev–Trinajstić information content (AvgIpc) is 3.48. The summed E-state index contributed by atoms with van der Waals surface area (Å²) in [5, 5.41) is 7.88. The molecule has 1 aromatic heterocycles. The predicted molar refractivity (Wildman–Crippen MR) is 126 cm³/mol. The summed E-state index contributed by atoms with van der Waals surface area (Å²) in [7, 11) is 0. The molecule has 3 aromatic carbocycles. The van der Waals surface area contributed by atoms with Crippen LogP contribution in [-0.2, 0) is 17.6 Å². The molecule has 0 aliphatic carbocycles.